The predicted octanol–water partition coefficient (Wildman–Crippen LogP) is 2.85. The van der Waals surface area contributed by atoms with Crippen LogP contribution in [0.25, 0.3) is 0 Å². The Morgan fingerprint density at radius 3 is 2.14 bits per heavy atom. The van der Waals surface area contributed by atoms with Crippen molar-refractivity contribution in [2.75, 3.05) is 34.8 Å². The van der Waals surface area contributed by atoms with Crippen molar-refractivity contribution in [2.24, 2.45) is 0 Å². The van der Waals surface area contributed by atoms with E-state index in [-0.39, 0.29) is 12.2 Å². The molecule has 2 aliphatic heterocycles. The molecule has 156 valence electrons. The lowest BCUT2D eigenvalue weighted by Crippen LogP contribution is -2.55. The van der Waals surface area contributed by atoms with Gasteiger partial charge in [0.15, 0.2) is 11.6 Å². The van der Waals surface area contributed by atoms with E-state index in [4.69, 9.17) is 0 Å². The van der Waals surface area contributed by atoms with E-state index in [1.165, 1.54) is 10.4 Å². The van der Waals surface area contributed by atoms with Crippen LogP contribution in [0.2, 0.25) is 0 Å². The first-order chi connectivity index (χ1) is 13.8. The Hall–Kier alpha value is -2.23. The minimum atomic E-state index is -4.17. The van der Waals surface area contributed by atoms with Gasteiger partial charge in [0.05, 0.1) is 11.4 Å². The third-order valence-corrected chi connectivity index (χ3v) is 7.05. The van der Waals surface area contributed by atoms with E-state index in [1.54, 1.807) is 24.3 Å². The Morgan fingerprint density at radius 2 is 1.52 bits per heavy atom. The first-order valence-corrected chi connectivity index (χ1v) is 11.0. The van der Waals surface area contributed by atoms with Crippen LogP contribution < -0.4 is 13.9 Å². The number of benzene rings is 2. The predicted molar refractivity (Wildman–Crippen MR) is 110 cm³/mol. The highest BCUT2D eigenvalue weighted by Crippen LogP contribution is 2.46. The molecule has 0 amide bonds. The lowest BCUT2D eigenvalue weighted by molar-refractivity contribution is 0.178. The van der Waals surface area contributed by atoms with Crippen molar-refractivity contribution in [3.63, 3.8) is 0 Å². The van der Waals surface area contributed by atoms with Crippen LogP contribution in [0.4, 0.5) is 25.8 Å². The topological polar surface area (TPSA) is 55.9 Å². The smallest absolute Gasteiger partial charge is 0.309 e. The highest BCUT2D eigenvalue weighted by atomic mass is 32.2. The van der Waals surface area contributed by atoms with E-state index in [0.717, 1.165) is 29.5 Å². The fraction of sp³-hybridized carbons (Fsp3) is 0.400. The summed E-state index contributed by atoms with van der Waals surface area (Å²) in [6.45, 7) is 6.53. The van der Waals surface area contributed by atoms with Gasteiger partial charge in [-0.1, -0.05) is 18.2 Å². The van der Waals surface area contributed by atoms with Gasteiger partial charge in [0, 0.05) is 38.3 Å². The van der Waals surface area contributed by atoms with E-state index in [9.17, 15) is 17.2 Å². The third-order valence-electron chi connectivity index (χ3n) is 5.27. The number of piperazine rings is 1. The SMILES string of the molecule is C[C@@H]1CN(CCN2c3ccccc3N(c3c(F)cccc3F)S2(=O)=O)C[C@H](C)N1. The number of nitrogens with one attached hydrogen (secondary N) is 1. The average molecular weight is 423 g/mol. The second-order valence-corrected chi connectivity index (χ2v) is 9.33. The van der Waals surface area contributed by atoms with E-state index in [2.05, 4.69) is 24.1 Å². The Balaban J connectivity index is 1.68. The number of para-hydroxylation sites is 3. The van der Waals surface area contributed by atoms with Crippen molar-refractivity contribution in [1.82, 2.24) is 10.2 Å². The van der Waals surface area contributed by atoms with Gasteiger partial charge < -0.3 is 5.32 Å². The molecule has 0 spiro atoms. The molecule has 0 unspecified atom stereocenters. The van der Waals surface area contributed by atoms with Crippen molar-refractivity contribution < 1.29 is 17.2 Å². The van der Waals surface area contributed by atoms with Gasteiger partial charge in [0.2, 0.25) is 0 Å². The number of nitrogens with zero attached hydrogens (tertiary/aromatic N) is 3. The van der Waals surface area contributed by atoms with Gasteiger partial charge in [-0.05, 0) is 38.1 Å². The maximum atomic E-state index is 14.4. The van der Waals surface area contributed by atoms with Crippen LogP contribution in [-0.4, -0.2) is 51.6 Å². The molecule has 9 heteroatoms. The summed E-state index contributed by atoms with van der Waals surface area (Å²) in [7, 11) is -4.17. The summed E-state index contributed by atoms with van der Waals surface area (Å²) >= 11 is 0. The van der Waals surface area contributed by atoms with Gasteiger partial charge in [-0.25, -0.2) is 17.4 Å². The molecule has 6 nitrogen and oxygen atoms in total. The largest absolute Gasteiger partial charge is 0.331 e. The molecule has 2 aromatic carbocycles. The van der Waals surface area contributed by atoms with E-state index in [0.29, 0.717) is 24.3 Å². The molecule has 29 heavy (non-hydrogen) atoms. The van der Waals surface area contributed by atoms with Crippen molar-refractivity contribution in [3.8, 4) is 0 Å². The molecule has 2 aromatic rings. The van der Waals surface area contributed by atoms with Crippen LogP contribution in [0.15, 0.2) is 42.5 Å². The summed E-state index contributed by atoms with van der Waals surface area (Å²) < 4.78 is 57.6. The number of halogens is 2. The van der Waals surface area contributed by atoms with Gasteiger partial charge in [0.1, 0.15) is 5.69 Å². The molecule has 4 rings (SSSR count). The lowest BCUT2D eigenvalue weighted by Gasteiger charge is -2.36. The van der Waals surface area contributed by atoms with Crippen LogP contribution >= 0.6 is 0 Å². The van der Waals surface area contributed by atoms with Crippen LogP contribution in [0, 0.1) is 11.6 Å². The van der Waals surface area contributed by atoms with Crippen LogP contribution in [-0.2, 0) is 10.2 Å². The summed E-state index contributed by atoms with van der Waals surface area (Å²) in [6.07, 6.45) is 0. The molecule has 1 N–H and O–H groups in total. The normalized spacial score (nSPS) is 24.0. The fourth-order valence-corrected chi connectivity index (χ4v) is 5.92. The minimum absolute atomic E-state index is 0.200. The standard InChI is InChI=1S/C20H24F2N4O2S/c1-14-12-24(13-15(2)23-14)10-11-25-18-8-3-4-9-19(18)26(29(25,27)28)20-16(21)6-5-7-17(20)22/h3-9,14-15,23H,10-13H2,1-2H3/t14-,15+. The number of hydrogen-bond donors (Lipinski definition) is 1. The van der Waals surface area contributed by atoms with Crippen molar-refractivity contribution in [3.05, 3.63) is 54.1 Å². The molecule has 2 heterocycles. The summed E-state index contributed by atoms with van der Waals surface area (Å²) in [6, 6.07) is 10.6. The number of rotatable bonds is 4. The molecular formula is C20H24F2N4O2S. The lowest BCUT2D eigenvalue weighted by atomic mass is 10.1. The van der Waals surface area contributed by atoms with Crippen LogP contribution in [0.5, 0.6) is 0 Å². The van der Waals surface area contributed by atoms with E-state index < -0.39 is 27.5 Å². The first kappa shape index (κ1) is 20.1. The van der Waals surface area contributed by atoms with Gasteiger partial charge in [-0.2, -0.15) is 8.42 Å². The monoisotopic (exact) mass is 422 g/mol. The van der Waals surface area contributed by atoms with E-state index in [1.807, 2.05) is 0 Å². The summed E-state index contributed by atoms with van der Waals surface area (Å²) in [4.78, 5) is 2.20. The summed E-state index contributed by atoms with van der Waals surface area (Å²) in [5, 5.41) is 3.44. The zero-order valence-electron chi connectivity index (χ0n) is 16.3. The summed E-state index contributed by atoms with van der Waals surface area (Å²) in [5.41, 5.74) is 0.0943. The fourth-order valence-electron chi connectivity index (χ4n) is 4.20. The molecule has 1 fully saturated rings. The average Bonchev–Trinajstić information content (AvgIpc) is 2.86. The van der Waals surface area contributed by atoms with Crippen LogP contribution in [0.3, 0.4) is 0 Å². The molecule has 0 radical (unpaired) electrons. The number of hydrogen-bond acceptors (Lipinski definition) is 4. The van der Waals surface area contributed by atoms with E-state index >= 15 is 0 Å². The molecule has 2 atom stereocenters. The number of fused-ring (bicyclic) bond motifs is 1. The maximum absolute atomic E-state index is 14.4. The zero-order chi connectivity index (χ0) is 20.8. The quantitative estimate of drug-likeness (QED) is 0.823. The Kier molecular flexibility index (Phi) is 5.22. The molecular weight excluding hydrogens is 398 g/mol. The molecule has 0 aliphatic carbocycles. The van der Waals surface area contributed by atoms with Gasteiger partial charge in [0.25, 0.3) is 0 Å². The molecule has 0 aromatic heterocycles. The zero-order valence-corrected chi connectivity index (χ0v) is 17.2. The first-order valence-electron chi connectivity index (χ1n) is 9.63. The van der Waals surface area contributed by atoms with Gasteiger partial charge >= 0.3 is 10.2 Å². The molecule has 0 saturated carbocycles. The van der Waals surface area contributed by atoms with Gasteiger partial charge in [-0.3, -0.25) is 4.90 Å². The molecule has 2 aliphatic rings. The molecule has 0 bridgehead atoms. The van der Waals surface area contributed by atoms with Gasteiger partial charge in [-0.15, -0.1) is 0 Å². The van der Waals surface area contributed by atoms with Crippen molar-refractivity contribution >= 4 is 27.3 Å². The Labute approximate surface area is 169 Å². The minimum Gasteiger partial charge on any atom is -0.309 e. The maximum Gasteiger partial charge on any atom is 0.331 e. The highest BCUT2D eigenvalue weighted by Gasteiger charge is 2.43. The Bertz CT molecular complexity index is 987. The highest BCUT2D eigenvalue weighted by molar-refractivity contribution is 7.95. The van der Waals surface area contributed by atoms with Crippen molar-refractivity contribution in [1.29, 1.82) is 0 Å². The summed E-state index contributed by atoms with van der Waals surface area (Å²) in [5.74, 6) is -1.84. The molecule has 1 saturated heterocycles. The Morgan fingerprint density at radius 1 is 0.931 bits per heavy atom. The second kappa shape index (κ2) is 7.55. The van der Waals surface area contributed by atoms with Crippen molar-refractivity contribution in [2.45, 2.75) is 25.9 Å². The second-order valence-electron chi connectivity index (χ2n) is 7.63. The third kappa shape index (κ3) is 3.58. The number of anilines is 3. The van der Waals surface area contributed by atoms with Crippen LogP contribution in [0.1, 0.15) is 13.8 Å².